The Morgan fingerprint density at radius 2 is 1.80 bits per heavy atom. The van der Waals surface area contributed by atoms with E-state index in [0.717, 1.165) is 10.2 Å². The van der Waals surface area contributed by atoms with Crippen LogP contribution in [-0.4, -0.2) is 21.0 Å². The van der Waals surface area contributed by atoms with E-state index in [9.17, 15) is 0 Å². The summed E-state index contributed by atoms with van der Waals surface area (Å²) in [6.07, 6.45) is 1.68. The van der Waals surface area contributed by atoms with Crippen molar-refractivity contribution in [1.29, 1.82) is 0 Å². The third-order valence-corrected chi connectivity index (χ3v) is 8.81. The van der Waals surface area contributed by atoms with Crippen LogP contribution in [0.4, 0.5) is 0 Å². The monoisotopic (exact) mass is 356 g/mol. The first kappa shape index (κ1) is 17.5. The van der Waals surface area contributed by atoms with E-state index in [0.29, 0.717) is 6.61 Å². The maximum absolute atomic E-state index is 6.18. The molecule has 0 saturated heterocycles. The highest BCUT2D eigenvalue weighted by Gasteiger charge is 2.37. The highest BCUT2D eigenvalue weighted by molar-refractivity contribution is 9.10. The van der Waals surface area contributed by atoms with Gasteiger partial charge < -0.3 is 9.16 Å². The van der Waals surface area contributed by atoms with Gasteiger partial charge in [-0.25, -0.2) is 0 Å². The molecule has 1 aromatic rings. The van der Waals surface area contributed by atoms with Crippen molar-refractivity contribution in [2.45, 2.75) is 45.0 Å². The standard InChI is InChI=1S/C16H25BrO2Si/c1-7-14(12-18-20(5,6)16(2,3)4)19-15-10-8-13(17)9-11-15/h7-11,14H,1,12H2,2-6H3/t14-/m0/s1. The van der Waals surface area contributed by atoms with Gasteiger partial charge in [0.2, 0.25) is 0 Å². The van der Waals surface area contributed by atoms with E-state index in [-0.39, 0.29) is 11.1 Å². The SMILES string of the molecule is C=C[C@@H](CO[Si](C)(C)C(C)(C)C)Oc1ccc(Br)cc1. The number of hydrogen-bond acceptors (Lipinski definition) is 2. The van der Waals surface area contributed by atoms with Crippen molar-refractivity contribution in [3.63, 3.8) is 0 Å². The molecule has 1 aromatic carbocycles. The first-order valence-corrected chi connectivity index (χ1v) is 10.5. The minimum absolute atomic E-state index is 0.120. The van der Waals surface area contributed by atoms with Crippen LogP contribution < -0.4 is 4.74 Å². The van der Waals surface area contributed by atoms with Gasteiger partial charge in [0.15, 0.2) is 8.32 Å². The van der Waals surface area contributed by atoms with Crippen molar-refractivity contribution in [3.8, 4) is 5.75 Å². The summed E-state index contributed by atoms with van der Waals surface area (Å²) in [5, 5.41) is 0.205. The van der Waals surface area contributed by atoms with Gasteiger partial charge in [-0.1, -0.05) is 43.3 Å². The molecular formula is C16H25BrO2Si. The summed E-state index contributed by atoms with van der Waals surface area (Å²) in [5.74, 6) is 0.830. The van der Waals surface area contributed by atoms with Gasteiger partial charge in [0.25, 0.3) is 0 Å². The molecule has 112 valence electrons. The molecule has 2 nitrogen and oxygen atoms in total. The van der Waals surface area contributed by atoms with Crippen LogP contribution in [0.2, 0.25) is 18.1 Å². The van der Waals surface area contributed by atoms with Gasteiger partial charge in [-0.05, 0) is 48.5 Å². The van der Waals surface area contributed by atoms with Crippen LogP contribution in [-0.2, 0) is 4.43 Å². The lowest BCUT2D eigenvalue weighted by molar-refractivity contribution is 0.154. The summed E-state index contributed by atoms with van der Waals surface area (Å²) in [7, 11) is -1.75. The highest BCUT2D eigenvalue weighted by Crippen LogP contribution is 2.36. The van der Waals surface area contributed by atoms with E-state index in [1.165, 1.54) is 0 Å². The summed E-state index contributed by atoms with van der Waals surface area (Å²) < 4.78 is 13.1. The van der Waals surface area contributed by atoms with Crippen molar-refractivity contribution in [2.75, 3.05) is 6.61 Å². The van der Waals surface area contributed by atoms with Gasteiger partial charge in [0.05, 0.1) is 6.61 Å². The maximum atomic E-state index is 6.18. The zero-order valence-electron chi connectivity index (χ0n) is 13.1. The number of hydrogen-bond donors (Lipinski definition) is 0. The second-order valence-electron chi connectivity index (χ2n) is 6.42. The summed E-state index contributed by atoms with van der Waals surface area (Å²) in [5.41, 5.74) is 0. The molecule has 0 saturated carbocycles. The normalized spacial score (nSPS) is 13.9. The molecule has 0 N–H and O–H groups in total. The molecule has 0 spiro atoms. The van der Waals surface area contributed by atoms with E-state index < -0.39 is 8.32 Å². The molecule has 1 rings (SSSR count). The fraction of sp³-hybridized carbons (Fsp3) is 0.500. The smallest absolute Gasteiger partial charge is 0.192 e. The summed E-state index contributed by atoms with van der Waals surface area (Å²) in [6.45, 7) is 15.6. The van der Waals surface area contributed by atoms with Gasteiger partial charge in [-0.3, -0.25) is 0 Å². The average Bonchev–Trinajstić information content (AvgIpc) is 2.35. The Hall–Kier alpha value is -0.583. The Labute approximate surface area is 132 Å². The summed E-state index contributed by atoms with van der Waals surface area (Å²) in [4.78, 5) is 0. The summed E-state index contributed by atoms with van der Waals surface area (Å²) >= 11 is 3.41. The Balaban J connectivity index is 2.60. The van der Waals surface area contributed by atoms with Crippen LogP contribution in [0.15, 0.2) is 41.4 Å². The van der Waals surface area contributed by atoms with E-state index in [1.807, 2.05) is 24.3 Å². The molecule has 0 unspecified atom stereocenters. The van der Waals surface area contributed by atoms with Crippen molar-refractivity contribution >= 4 is 24.2 Å². The predicted molar refractivity (Wildman–Crippen MR) is 91.9 cm³/mol. The molecular weight excluding hydrogens is 332 g/mol. The van der Waals surface area contributed by atoms with Crippen LogP contribution in [0.1, 0.15) is 20.8 Å². The number of rotatable bonds is 6. The molecule has 0 radical (unpaired) electrons. The highest BCUT2D eigenvalue weighted by atomic mass is 79.9. The predicted octanol–water partition coefficient (Wildman–Crippen LogP) is 5.40. The van der Waals surface area contributed by atoms with Crippen LogP contribution in [0, 0.1) is 0 Å². The lowest BCUT2D eigenvalue weighted by Crippen LogP contribution is -2.43. The van der Waals surface area contributed by atoms with Crippen molar-refractivity contribution in [2.24, 2.45) is 0 Å². The second kappa shape index (κ2) is 6.92. The number of benzene rings is 1. The van der Waals surface area contributed by atoms with Gasteiger partial charge in [0, 0.05) is 4.47 Å². The van der Waals surface area contributed by atoms with Crippen molar-refractivity contribution in [3.05, 3.63) is 41.4 Å². The van der Waals surface area contributed by atoms with Crippen LogP contribution in [0.5, 0.6) is 5.75 Å². The zero-order chi connectivity index (χ0) is 15.4. The van der Waals surface area contributed by atoms with Gasteiger partial charge >= 0.3 is 0 Å². The van der Waals surface area contributed by atoms with Crippen molar-refractivity contribution < 1.29 is 9.16 Å². The van der Waals surface area contributed by atoms with Crippen LogP contribution >= 0.6 is 15.9 Å². The quantitative estimate of drug-likeness (QED) is 0.501. The van der Waals surface area contributed by atoms with Gasteiger partial charge in [-0.2, -0.15) is 0 Å². The molecule has 0 aliphatic carbocycles. The maximum Gasteiger partial charge on any atom is 0.192 e. The molecule has 0 heterocycles. The van der Waals surface area contributed by atoms with Crippen LogP contribution in [0.25, 0.3) is 0 Å². The topological polar surface area (TPSA) is 18.5 Å². The van der Waals surface area contributed by atoms with E-state index >= 15 is 0 Å². The third-order valence-electron chi connectivity index (χ3n) is 3.78. The molecule has 20 heavy (non-hydrogen) atoms. The number of halogens is 1. The van der Waals surface area contributed by atoms with Gasteiger partial charge in [0.1, 0.15) is 11.9 Å². The van der Waals surface area contributed by atoms with E-state index in [1.54, 1.807) is 6.08 Å². The molecule has 0 aliphatic rings. The van der Waals surface area contributed by atoms with Crippen molar-refractivity contribution in [1.82, 2.24) is 0 Å². The Morgan fingerprint density at radius 1 is 1.25 bits per heavy atom. The Bertz CT molecular complexity index is 435. The molecule has 4 heteroatoms. The molecule has 0 amide bonds. The fourth-order valence-electron chi connectivity index (χ4n) is 1.35. The molecule has 0 aromatic heterocycles. The minimum Gasteiger partial charge on any atom is -0.484 e. The minimum atomic E-state index is -1.75. The first-order valence-electron chi connectivity index (χ1n) is 6.84. The lowest BCUT2D eigenvalue weighted by Gasteiger charge is -2.37. The largest absolute Gasteiger partial charge is 0.484 e. The number of ether oxygens (including phenoxy) is 1. The lowest BCUT2D eigenvalue weighted by atomic mass is 10.2. The second-order valence-corrected chi connectivity index (χ2v) is 12.1. The van der Waals surface area contributed by atoms with Gasteiger partial charge in [-0.15, -0.1) is 0 Å². The summed E-state index contributed by atoms with van der Waals surface area (Å²) in [6, 6.07) is 7.80. The first-order chi connectivity index (χ1) is 9.15. The molecule has 0 bridgehead atoms. The fourth-order valence-corrected chi connectivity index (χ4v) is 2.62. The zero-order valence-corrected chi connectivity index (χ0v) is 15.7. The molecule has 1 atom stereocenters. The van der Waals surface area contributed by atoms with E-state index in [2.05, 4.69) is 56.4 Å². The van der Waals surface area contributed by atoms with E-state index in [4.69, 9.17) is 9.16 Å². The Morgan fingerprint density at radius 3 is 2.25 bits per heavy atom. The average molecular weight is 357 g/mol. The molecule has 0 fully saturated rings. The third kappa shape index (κ3) is 5.07. The Kier molecular flexibility index (Phi) is 6.04. The van der Waals surface area contributed by atoms with Crippen LogP contribution in [0.3, 0.4) is 0 Å². The molecule has 0 aliphatic heterocycles.